The summed E-state index contributed by atoms with van der Waals surface area (Å²) < 4.78 is 17.3. The minimum Gasteiger partial charge on any atom is -0.477 e. The van der Waals surface area contributed by atoms with Crippen LogP contribution in [-0.2, 0) is 28.6 Å². The molecule has 0 aliphatic carbocycles. The number of hydrogen-bond donors (Lipinski definition) is 1. The van der Waals surface area contributed by atoms with Gasteiger partial charge in [0.05, 0.1) is 34.4 Å². The third-order valence-corrected chi connectivity index (χ3v) is 10.5. The van der Waals surface area contributed by atoms with Crippen LogP contribution in [0.2, 0.25) is 0 Å². The zero-order chi connectivity index (χ0) is 45.6. The van der Waals surface area contributed by atoms with Crippen LogP contribution in [0.5, 0.6) is 0 Å². The summed E-state index contributed by atoms with van der Waals surface area (Å²) in [5, 5.41) is 9.65. The van der Waals surface area contributed by atoms with Crippen molar-refractivity contribution in [3.8, 4) is 0 Å². The molecule has 0 saturated carbocycles. The standard InChI is InChI=1S/C54H91NO7/c1-6-8-10-12-14-16-18-20-22-24-26-28-30-32-34-36-38-40-42-44-52(56)61-49-50(48-60-47-46-51(54(58)59)55(3,4)5)62-53(57)45-43-41-39-37-35-33-31-29-27-25-23-21-19-17-15-13-11-9-7-2/h8-11,14-17,20-23,26,28,50-51H,6-7,12-13,18-19,24-25,27,29-49H2,1-5H3/p+1/b10-8+,11-9+,16-14+,17-15+,22-20+,23-21+,28-26+. The molecular weight excluding hydrogens is 775 g/mol. The smallest absolute Gasteiger partial charge is 0.362 e. The molecule has 354 valence electrons. The summed E-state index contributed by atoms with van der Waals surface area (Å²) in [6, 6.07) is -0.623. The van der Waals surface area contributed by atoms with Gasteiger partial charge in [-0.05, 0) is 83.5 Å². The van der Waals surface area contributed by atoms with Gasteiger partial charge in [0.1, 0.15) is 6.61 Å². The fourth-order valence-electron chi connectivity index (χ4n) is 6.80. The number of aliphatic carboxylic acids is 1. The molecule has 8 heteroatoms. The minimum absolute atomic E-state index is 0.0498. The van der Waals surface area contributed by atoms with Crippen molar-refractivity contribution in [2.24, 2.45) is 0 Å². The van der Waals surface area contributed by atoms with E-state index >= 15 is 0 Å². The van der Waals surface area contributed by atoms with Gasteiger partial charge in [-0.1, -0.05) is 170 Å². The Kier molecular flexibility index (Phi) is 41.6. The molecule has 0 amide bonds. The summed E-state index contributed by atoms with van der Waals surface area (Å²) in [5.41, 5.74) is 0. The van der Waals surface area contributed by atoms with E-state index in [-0.39, 0.29) is 36.2 Å². The highest BCUT2D eigenvalue weighted by molar-refractivity contribution is 5.72. The lowest BCUT2D eigenvalue weighted by Crippen LogP contribution is -2.50. The van der Waals surface area contributed by atoms with Crippen LogP contribution >= 0.6 is 0 Å². The summed E-state index contributed by atoms with van der Waals surface area (Å²) in [6.45, 7) is 4.49. The quantitative estimate of drug-likeness (QED) is 0.0282. The van der Waals surface area contributed by atoms with Gasteiger partial charge < -0.3 is 23.8 Å². The van der Waals surface area contributed by atoms with E-state index in [4.69, 9.17) is 14.2 Å². The number of allylic oxidation sites excluding steroid dienone is 14. The number of carboxylic acids is 1. The SMILES string of the molecule is CC/C=C/C/C=C/C/C=C/C/C=C/CCCCCCCCC(=O)OCC(COCCC(C(=O)O)[N+](C)(C)C)OC(=O)CCCCCCCCCCC/C=C/C/C=C/C/C=C/CC. The van der Waals surface area contributed by atoms with Crippen molar-refractivity contribution in [1.82, 2.24) is 0 Å². The largest absolute Gasteiger partial charge is 0.477 e. The number of rotatable bonds is 43. The summed E-state index contributed by atoms with van der Waals surface area (Å²) in [5.74, 6) is -1.50. The normalized spacial score (nSPS) is 13.6. The van der Waals surface area contributed by atoms with Crippen molar-refractivity contribution in [2.45, 2.75) is 199 Å². The fraction of sp³-hybridized carbons (Fsp3) is 0.685. The van der Waals surface area contributed by atoms with Gasteiger partial charge in [-0.3, -0.25) is 9.59 Å². The van der Waals surface area contributed by atoms with Gasteiger partial charge in [-0.15, -0.1) is 0 Å². The van der Waals surface area contributed by atoms with Crippen LogP contribution in [0.4, 0.5) is 0 Å². The number of esters is 2. The number of nitrogens with zero attached hydrogens (tertiary/aromatic N) is 1. The predicted molar refractivity (Wildman–Crippen MR) is 261 cm³/mol. The van der Waals surface area contributed by atoms with Crippen LogP contribution in [0.1, 0.15) is 187 Å². The van der Waals surface area contributed by atoms with Gasteiger partial charge in [-0.2, -0.15) is 0 Å². The van der Waals surface area contributed by atoms with E-state index in [9.17, 15) is 19.5 Å². The van der Waals surface area contributed by atoms with E-state index in [1.165, 1.54) is 51.4 Å². The molecule has 0 rings (SSSR count). The second kappa shape index (κ2) is 44.1. The van der Waals surface area contributed by atoms with Crippen LogP contribution in [0.25, 0.3) is 0 Å². The Labute approximate surface area is 380 Å². The Bertz CT molecular complexity index is 1290. The van der Waals surface area contributed by atoms with E-state index in [1.807, 2.05) is 21.1 Å². The lowest BCUT2D eigenvalue weighted by molar-refractivity contribution is -0.887. The van der Waals surface area contributed by atoms with E-state index < -0.39 is 18.1 Å². The van der Waals surface area contributed by atoms with Gasteiger partial charge >= 0.3 is 17.9 Å². The summed E-state index contributed by atoms with van der Waals surface area (Å²) in [7, 11) is 5.52. The molecule has 0 aliphatic rings. The number of hydrogen-bond acceptors (Lipinski definition) is 6. The molecule has 2 atom stereocenters. The van der Waals surface area contributed by atoms with E-state index in [1.54, 1.807) is 0 Å². The minimum atomic E-state index is -0.881. The lowest BCUT2D eigenvalue weighted by atomic mass is 10.1. The van der Waals surface area contributed by atoms with Gasteiger partial charge in [-0.25, -0.2) is 4.79 Å². The number of quaternary nitrogens is 1. The fourth-order valence-corrected chi connectivity index (χ4v) is 6.80. The molecule has 2 unspecified atom stereocenters. The first-order valence-electron chi connectivity index (χ1n) is 24.6. The summed E-state index contributed by atoms with van der Waals surface area (Å²) in [4.78, 5) is 37.1. The molecule has 0 bridgehead atoms. The molecule has 0 radical (unpaired) electrons. The Morgan fingerprint density at radius 1 is 0.484 bits per heavy atom. The molecule has 0 saturated heterocycles. The lowest BCUT2D eigenvalue weighted by Gasteiger charge is -2.31. The monoisotopic (exact) mass is 867 g/mol. The number of ether oxygens (including phenoxy) is 3. The van der Waals surface area contributed by atoms with Gasteiger partial charge in [0.2, 0.25) is 0 Å². The number of carbonyl (C=O) groups excluding carboxylic acids is 2. The molecule has 0 fully saturated rings. The molecule has 8 nitrogen and oxygen atoms in total. The van der Waals surface area contributed by atoms with Crippen LogP contribution in [0.3, 0.4) is 0 Å². The number of unbranched alkanes of at least 4 members (excludes halogenated alkanes) is 15. The van der Waals surface area contributed by atoms with Crippen LogP contribution in [-0.4, -0.2) is 80.6 Å². The molecule has 0 aromatic rings. The van der Waals surface area contributed by atoms with E-state index in [2.05, 4.69) is 98.9 Å². The van der Waals surface area contributed by atoms with Crippen molar-refractivity contribution in [3.05, 3.63) is 85.1 Å². The zero-order valence-corrected chi connectivity index (χ0v) is 40.3. The Balaban J connectivity index is 4.32. The van der Waals surface area contributed by atoms with Crippen molar-refractivity contribution < 1.29 is 38.2 Å². The number of likely N-dealkylation sites (N-methyl/N-ethyl adjacent to an activating group) is 1. The maximum absolute atomic E-state index is 12.8. The molecule has 0 aromatic heterocycles. The summed E-state index contributed by atoms with van der Waals surface area (Å²) >= 11 is 0. The highest BCUT2D eigenvalue weighted by Gasteiger charge is 2.31. The second-order valence-electron chi connectivity index (χ2n) is 17.3. The molecule has 0 spiro atoms. The number of carbonyl (C=O) groups is 3. The van der Waals surface area contributed by atoms with Crippen LogP contribution in [0, 0.1) is 0 Å². The molecular formula is C54H92NO7+. The van der Waals surface area contributed by atoms with Crippen LogP contribution in [0.15, 0.2) is 85.1 Å². The van der Waals surface area contributed by atoms with Crippen LogP contribution < -0.4 is 0 Å². The maximum atomic E-state index is 12.8. The third-order valence-electron chi connectivity index (χ3n) is 10.5. The van der Waals surface area contributed by atoms with Gasteiger partial charge in [0.15, 0.2) is 12.1 Å². The molecule has 0 aliphatic heterocycles. The summed E-state index contributed by atoms with van der Waals surface area (Å²) in [6.07, 6.45) is 57.7. The van der Waals surface area contributed by atoms with Crippen molar-refractivity contribution in [1.29, 1.82) is 0 Å². The second-order valence-corrected chi connectivity index (χ2v) is 17.3. The topological polar surface area (TPSA) is 99.1 Å². The van der Waals surface area contributed by atoms with Gasteiger partial charge in [0.25, 0.3) is 0 Å². The Morgan fingerprint density at radius 2 is 0.855 bits per heavy atom. The first-order chi connectivity index (χ1) is 30.1. The highest BCUT2D eigenvalue weighted by atomic mass is 16.6. The van der Waals surface area contributed by atoms with Crippen molar-refractivity contribution in [3.63, 3.8) is 0 Å². The van der Waals surface area contributed by atoms with Crippen molar-refractivity contribution in [2.75, 3.05) is 41.0 Å². The zero-order valence-electron chi connectivity index (χ0n) is 40.3. The molecule has 62 heavy (non-hydrogen) atoms. The highest BCUT2D eigenvalue weighted by Crippen LogP contribution is 2.14. The predicted octanol–water partition coefficient (Wildman–Crippen LogP) is 14.1. The molecule has 0 aromatic carbocycles. The van der Waals surface area contributed by atoms with Gasteiger partial charge in [0, 0.05) is 19.3 Å². The first kappa shape index (κ1) is 58.5. The van der Waals surface area contributed by atoms with Crippen molar-refractivity contribution >= 4 is 17.9 Å². The van der Waals surface area contributed by atoms with E-state index in [0.29, 0.717) is 19.3 Å². The average molecular weight is 867 g/mol. The van der Waals surface area contributed by atoms with E-state index in [0.717, 1.165) is 103 Å². The molecule has 0 heterocycles. The third kappa shape index (κ3) is 41.8. The Morgan fingerprint density at radius 3 is 1.26 bits per heavy atom. The molecule has 1 N–H and O–H groups in total. The average Bonchev–Trinajstić information content (AvgIpc) is 3.23. The number of carboxylic acid groups (broad SMARTS) is 1. The first-order valence-corrected chi connectivity index (χ1v) is 24.6. The Hall–Kier alpha value is -3.49. The maximum Gasteiger partial charge on any atom is 0.362 e.